The second-order valence-electron chi connectivity index (χ2n) is 5.98. The number of rotatable bonds is 4. The van der Waals surface area contributed by atoms with Crippen LogP contribution in [0.15, 0.2) is 30.5 Å². The van der Waals surface area contributed by atoms with Gasteiger partial charge in [-0.05, 0) is 31.9 Å². The molecule has 2 aromatic rings. The smallest absolute Gasteiger partial charge is 0.211 e. The molecule has 1 N–H and O–H groups in total. The Labute approximate surface area is 142 Å². The SMILES string of the molecule is Cc1cc(Nc2ccccn2)nc(C2CCCCN2S(C)(=O)=O)n1. The van der Waals surface area contributed by atoms with Gasteiger partial charge in [0.05, 0.1) is 12.3 Å². The largest absolute Gasteiger partial charge is 0.325 e. The van der Waals surface area contributed by atoms with E-state index in [1.165, 1.54) is 10.6 Å². The highest BCUT2D eigenvalue weighted by Gasteiger charge is 2.32. The van der Waals surface area contributed by atoms with Crippen LogP contribution in [-0.4, -0.2) is 40.5 Å². The molecule has 0 aromatic carbocycles. The van der Waals surface area contributed by atoms with Crippen molar-refractivity contribution in [3.05, 3.63) is 42.0 Å². The van der Waals surface area contributed by atoms with Gasteiger partial charge in [-0.25, -0.2) is 23.4 Å². The highest BCUT2D eigenvalue weighted by Crippen LogP contribution is 2.31. The Bertz CT molecular complexity index is 810. The molecule has 7 nitrogen and oxygen atoms in total. The lowest BCUT2D eigenvalue weighted by Crippen LogP contribution is -2.38. The first-order chi connectivity index (χ1) is 11.4. The molecule has 0 amide bonds. The third kappa shape index (κ3) is 3.88. The molecule has 128 valence electrons. The molecule has 2 aromatic heterocycles. The molecular weight excluding hydrogens is 326 g/mol. The van der Waals surface area contributed by atoms with Crippen LogP contribution in [0.4, 0.5) is 11.6 Å². The second kappa shape index (κ2) is 6.82. The maximum atomic E-state index is 12.1. The van der Waals surface area contributed by atoms with Gasteiger partial charge in [0.2, 0.25) is 10.0 Å². The maximum absolute atomic E-state index is 12.1. The van der Waals surface area contributed by atoms with E-state index in [1.807, 2.05) is 31.2 Å². The first-order valence-corrected chi connectivity index (χ1v) is 9.79. The second-order valence-corrected chi connectivity index (χ2v) is 7.91. The lowest BCUT2D eigenvalue weighted by Gasteiger charge is -2.32. The van der Waals surface area contributed by atoms with Crippen molar-refractivity contribution < 1.29 is 8.42 Å². The average Bonchev–Trinajstić information content (AvgIpc) is 2.54. The van der Waals surface area contributed by atoms with E-state index in [4.69, 9.17) is 0 Å². The Balaban J connectivity index is 1.93. The average molecular weight is 347 g/mol. The number of sulfonamides is 1. The zero-order valence-electron chi connectivity index (χ0n) is 13.8. The molecule has 0 aliphatic carbocycles. The molecule has 1 saturated heterocycles. The summed E-state index contributed by atoms with van der Waals surface area (Å²) in [5, 5.41) is 3.15. The molecule has 0 spiro atoms. The fourth-order valence-electron chi connectivity index (χ4n) is 2.93. The van der Waals surface area contributed by atoms with Crippen molar-refractivity contribution in [1.82, 2.24) is 19.3 Å². The first kappa shape index (κ1) is 16.8. The number of nitrogens with zero attached hydrogens (tertiary/aromatic N) is 4. The van der Waals surface area contributed by atoms with E-state index >= 15 is 0 Å². The zero-order valence-corrected chi connectivity index (χ0v) is 14.6. The number of pyridine rings is 1. The van der Waals surface area contributed by atoms with Gasteiger partial charge in [0.25, 0.3) is 0 Å². The van der Waals surface area contributed by atoms with Crippen LogP contribution in [-0.2, 0) is 10.0 Å². The molecular formula is C16H21N5O2S. The van der Waals surface area contributed by atoms with E-state index in [9.17, 15) is 8.42 Å². The highest BCUT2D eigenvalue weighted by atomic mass is 32.2. The summed E-state index contributed by atoms with van der Waals surface area (Å²) in [4.78, 5) is 13.3. The van der Waals surface area contributed by atoms with Crippen molar-refractivity contribution in [2.24, 2.45) is 0 Å². The fraction of sp³-hybridized carbons (Fsp3) is 0.438. The number of hydrogen-bond acceptors (Lipinski definition) is 6. The van der Waals surface area contributed by atoms with Crippen LogP contribution < -0.4 is 5.32 Å². The number of anilines is 2. The van der Waals surface area contributed by atoms with Crippen LogP contribution in [0.5, 0.6) is 0 Å². The summed E-state index contributed by atoms with van der Waals surface area (Å²) in [5.74, 6) is 1.85. The number of piperidine rings is 1. The molecule has 1 fully saturated rings. The molecule has 8 heteroatoms. The van der Waals surface area contributed by atoms with E-state index in [0.717, 1.165) is 25.0 Å². The van der Waals surface area contributed by atoms with Crippen molar-refractivity contribution in [3.8, 4) is 0 Å². The van der Waals surface area contributed by atoms with Gasteiger partial charge in [-0.3, -0.25) is 0 Å². The molecule has 1 aliphatic rings. The third-order valence-corrected chi connectivity index (χ3v) is 5.26. The molecule has 0 radical (unpaired) electrons. The summed E-state index contributed by atoms with van der Waals surface area (Å²) in [6.45, 7) is 2.40. The fourth-order valence-corrected chi connectivity index (χ4v) is 4.06. The Hall–Kier alpha value is -2.06. The van der Waals surface area contributed by atoms with Crippen molar-refractivity contribution >= 4 is 21.7 Å². The molecule has 24 heavy (non-hydrogen) atoms. The van der Waals surface area contributed by atoms with E-state index in [2.05, 4.69) is 20.3 Å². The van der Waals surface area contributed by atoms with Crippen molar-refractivity contribution in [3.63, 3.8) is 0 Å². The molecule has 0 bridgehead atoms. The summed E-state index contributed by atoms with van der Waals surface area (Å²) >= 11 is 0. The standard InChI is InChI=1S/C16H21N5O2S/c1-12-11-15(19-14-8-3-5-9-17-14)20-16(18-12)13-7-4-6-10-21(13)24(2,22)23/h3,5,8-9,11,13H,4,6-7,10H2,1-2H3,(H,17,18,19,20). The van der Waals surface area contributed by atoms with Gasteiger partial charge in [0.1, 0.15) is 17.5 Å². The van der Waals surface area contributed by atoms with Crippen molar-refractivity contribution in [2.45, 2.75) is 32.2 Å². The minimum Gasteiger partial charge on any atom is -0.325 e. The van der Waals surface area contributed by atoms with Crippen molar-refractivity contribution in [1.29, 1.82) is 0 Å². The lowest BCUT2D eigenvalue weighted by molar-refractivity contribution is 0.248. The van der Waals surface area contributed by atoms with E-state index in [-0.39, 0.29) is 6.04 Å². The van der Waals surface area contributed by atoms with Gasteiger partial charge in [0.15, 0.2) is 0 Å². The van der Waals surface area contributed by atoms with E-state index < -0.39 is 10.0 Å². The molecule has 1 atom stereocenters. The van der Waals surface area contributed by atoms with Crippen molar-refractivity contribution in [2.75, 3.05) is 18.1 Å². The molecule has 1 unspecified atom stereocenters. The van der Waals surface area contributed by atoms with Crippen LogP contribution in [0.25, 0.3) is 0 Å². The Kier molecular flexibility index (Phi) is 4.77. The quantitative estimate of drug-likeness (QED) is 0.914. The number of hydrogen-bond donors (Lipinski definition) is 1. The molecule has 3 heterocycles. The molecule has 1 aliphatic heterocycles. The van der Waals surface area contributed by atoms with Crippen LogP contribution in [0, 0.1) is 6.92 Å². The number of aryl methyl sites for hydroxylation is 1. The van der Waals surface area contributed by atoms with Gasteiger partial charge in [0, 0.05) is 24.5 Å². The predicted octanol–water partition coefficient (Wildman–Crippen LogP) is 2.41. The summed E-state index contributed by atoms with van der Waals surface area (Å²) < 4.78 is 25.7. The summed E-state index contributed by atoms with van der Waals surface area (Å²) in [6.07, 6.45) is 5.52. The van der Waals surface area contributed by atoms with E-state index in [1.54, 1.807) is 6.20 Å². The minimum absolute atomic E-state index is 0.307. The predicted molar refractivity (Wildman–Crippen MR) is 92.4 cm³/mol. The third-order valence-electron chi connectivity index (χ3n) is 3.97. The van der Waals surface area contributed by atoms with Gasteiger partial charge in [-0.2, -0.15) is 4.31 Å². The summed E-state index contributed by atoms with van der Waals surface area (Å²) in [5.41, 5.74) is 0.789. The van der Waals surface area contributed by atoms with Gasteiger partial charge in [-0.1, -0.05) is 12.5 Å². The lowest BCUT2D eigenvalue weighted by atomic mass is 10.0. The minimum atomic E-state index is -3.29. The molecule has 3 rings (SSSR count). The summed E-state index contributed by atoms with van der Waals surface area (Å²) in [6, 6.07) is 7.09. The Morgan fingerprint density at radius 1 is 1.21 bits per heavy atom. The normalized spacial score (nSPS) is 19.2. The monoisotopic (exact) mass is 347 g/mol. The van der Waals surface area contributed by atoms with Crippen LogP contribution >= 0.6 is 0 Å². The topological polar surface area (TPSA) is 88.1 Å². The maximum Gasteiger partial charge on any atom is 0.211 e. The zero-order chi connectivity index (χ0) is 17.2. The number of aromatic nitrogens is 3. The van der Waals surface area contributed by atoms with Gasteiger partial charge >= 0.3 is 0 Å². The first-order valence-electron chi connectivity index (χ1n) is 7.94. The highest BCUT2D eigenvalue weighted by molar-refractivity contribution is 7.88. The Morgan fingerprint density at radius 3 is 2.75 bits per heavy atom. The number of nitrogens with one attached hydrogen (secondary N) is 1. The van der Waals surface area contributed by atoms with Crippen LogP contribution in [0.1, 0.15) is 36.8 Å². The summed E-state index contributed by atoms with van der Waals surface area (Å²) in [7, 11) is -3.29. The van der Waals surface area contributed by atoms with Gasteiger partial charge in [-0.15, -0.1) is 0 Å². The van der Waals surface area contributed by atoms with Crippen LogP contribution in [0.2, 0.25) is 0 Å². The van der Waals surface area contributed by atoms with Crippen LogP contribution in [0.3, 0.4) is 0 Å². The Morgan fingerprint density at radius 2 is 2.04 bits per heavy atom. The molecule has 0 saturated carbocycles. The van der Waals surface area contributed by atoms with E-state index in [0.29, 0.717) is 24.0 Å². The van der Waals surface area contributed by atoms with Gasteiger partial charge < -0.3 is 5.32 Å².